The summed E-state index contributed by atoms with van der Waals surface area (Å²) in [5, 5.41) is 19.0. The van der Waals surface area contributed by atoms with Crippen LogP contribution in [-0.2, 0) is 4.74 Å². The van der Waals surface area contributed by atoms with Gasteiger partial charge in [-0.3, -0.25) is 4.79 Å². The lowest BCUT2D eigenvalue weighted by Crippen LogP contribution is -2.50. The molecule has 0 spiro atoms. The largest absolute Gasteiger partial charge is 0.472 e. The average molecular weight is 493 g/mol. The Morgan fingerprint density at radius 2 is 1.94 bits per heavy atom. The van der Waals surface area contributed by atoms with E-state index in [1.54, 1.807) is 23.2 Å². The third-order valence-electron chi connectivity index (χ3n) is 7.27. The first kappa shape index (κ1) is 26.1. The minimum atomic E-state index is -0.329. The molecule has 1 saturated heterocycles. The van der Waals surface area contributed by atoms with Crippen LogP contribution in [0.2, 0.25) is 0 Å². The second-order valence-electron chi connectivity index (χ2n) is 10.2. The summed E-state index contributed by atoms with van der Waals surface area (Å²) in [6, 6.07) is 10.8. The molecule has 1 aromatic carbocycles. The van der Waals surface area contributed by atoms with Gasteiger partial charge in [0.05, 0.1) is 24.3 Å². The number of aromatic nitrogens is 1. The normalized spacial score (nSPS) is 21.8. The lowest BCUT2D eigenvalue weighted by atomic mass is 9.97. The number of hydrogen-bond donors (Lipinski definition) is 1. The van der Waals surface area contributed by atoms with Crippen LogP contribution in [0, 0.1) is 23.2 Å². The van der Waals surface area contributed by atoms with Crippen molar-refractivity contribution in [3.8, 4) is 23.1 Å². The molecule has 0 radical (unpaired) electrons. The molecule has 8 heteroatoms. The Balaban J connectivity index is 1.62. The maximum absolute atomic E-state index is 13.6. The van der Waals surface area contributed by atoms with Crippen molar-refractivity contribution in [3.63, 3.8) is 0 Å². The monoisotopic (exact) mass is 492 g/mol. The van der Waals surface area contributed by atoms with Gasteiger partial charge in [0.15, 0.2) is 0 Å². The summed E-state index contributed by atoms with van der Waals surface area (Å²) < 4.78 is 11.9. The van der Waals surface area contributed by atoms with Crippen molar-refractivity contribution in [2.45, 2.75) is 38.8 Å². The topological polar surface area (TPSA) is 98.9 Å². The fraction of sp³-hybridized carbons (Fsp3) is 0.536. The van der Waals surface area contributed by atoms with E-state index in [0.717, 1.165) is 43.7 Å². The van der Waals surface area contributed by atoms with Crippen LogP contribution in [0.4, 0.5) is 0 Å². The van der Waals surface area contributed by atoms with Crippen LogP contribution >= 0.6 is 0 Å². The molecular formula is C28H36N4O4. The number of pyridine rings is 1. The zero-order valence-corrected chi connectivity index (χ0v) is 21.4. The number of fused-ring (bicyclic) bond motifs is 1. The summed E-state index contributed by atoms with van der Waals surface area (Å²) in [4.78, 5) is 22.3. The number of amides is 1. The number of ether oxygens (including phenoxy) is 2. The molecule has 2 aliphatic rings. The molecule has 1 aromatic heterocycles. The van der Waals surface area contributed by atoms with Gasteiger partial charge in [-0.25, -0.2) is 4.98 Å². The third-order valence-corrected chi connectivity index (χ3v) is 7.27. The summed E-state index contributed by atoms with van der Waals surface area (Å²) in [6.45, 7) is 7.65. The van der Waals surface area contributed by atoms with Crippen LogP contribution in [0.25, 0.3) is 11.1 Å². The van der Waals surface area contributed by atoms with Gasteiger partial charge < -0.3 is 24.4 Å². The molecule has 4 rings (SSSR count). The van der Waals surface area contributed by atoms with Crippen molar-refractivity contribution in [2.75, 3.05) is 46.5 Å². The summed E-state index contributed by atoms with van der Waals surface area (Å²) in [5.41, 5.74) is 2.60. The van der Waals surface area contributed by atoms with Crippen molar-refractivity contribution in [2.24, 2.45) is 11.8 Å². The Morgan fingerprint density at radius 3 is 2.61 bits per heavy atom. The number of carbonyl (C=O) groups excluding carboxylic acids is 1. The Kier molecular flexibility index (Phi) is 8.57. The van der Waals surface area contributed by atoms with Gasteiger partial charge in [-0.05, 0) is 56.5 Å². The maximum Gasteiger partial charge on any atom is 0.259 e. The summed E-state index contributed by atoms with van der Waals surface area (Å²) in [5.74, 6) is 0.785. The van der Waals surface area contributed by atoms with Crippen molar-refractivity contribution in [1.29, 1.82) is 5.26 Å². The van der Waals surface area contributed by atoms with Gasteiger partial charge in [-0.1, -0.05) is 19.1 Å². The van der Waals surface area contributed by atoms with Crippen LogP contribution in [0.5, 0.6) is 5.88 Å². The van der Waals surface area contributed by atoms with Crippen molar-refractivity contribution < 1.29 is 19.4 Å². The Hall–Kier alpha value is -2.99. The maximum atomic E-state index is 13.6. The summed E-state index contributed by atoms with van der Waals surface area (Å²) >= 11 is 0. The van der Waals surface area contributed by atoms with Crippen LogP contribution in [-0.4, -0.2) is 84.4 Å². The van der Waals surface area contributed by atoms with E-state index in [2.05, 4.69) is 29.9 Å². The van der Waals surface area contributed by atoms with Crippen molar-refractivity contribution in [3.05, 3.63) is 47.7 Å². The number of hydrogen-bond acceptors (Lipinski definition) is 7. The number of carbonyl (C=O) groups is 1. The highest BCUT2D eigenvalue weighted by Gasteiger charge is 2.34. The highest BCUT2D eigenvalue weighted by molar-refractivity contribution is 5.98. The molecule has 3 atom stereocenters. The lowest BCUT2D eigenvalue weighted by molar-refractivity contribution is 0.0254. The van der Waals surface area contributed by atoms with E-state index in [1.807, 2.05) is 25.1 Å². The molecule has 192 valence electrons. The fourth-order valence-electron chi connectivity index (χ4n) is 4.97. The zero-order valence-electron chi connectivity index (χ0n) is 21.4. The van der Waals surface area contributed by atoms with Crippen LogP contribution in [0.15, 0.2) is 36.5 Å². The minimum absolute atomic E-state index is 0.0493. The van der Waals surface area contributed by atoms with Gasteiger partial charge in [-0.2, -0.15) is 5.26 Å². The molecule has 36 heavy (non-hydrogen) atoms. The first-order chi connectivity index (χ1) is 17.4. The first-order valence-electron chi connectivity index (χ1n) is 12.7. The van der Waals surface area contributed by atoms with Crippen LogP contribution in [0.3, 0.4) is 0 Å². The highest BCUT2D eigenvalue weighted by atomic mass is 16.5. The van der Waals surface area contributed by atoms with Gasteiger partial charge >= 0.3 is 0 Å². The number of aliphatic hydroxyl groups excluding tert-OH is 1. The number of rotatable bonds is 7. The third kappa shape index (κ3) is 6.04. The second-order valence-corrected chi connectivity index (χ2v) is 10.2. The van der Waals surface area contributed by atoms with Gasteiger partial charge in [0, 0.05) is 50.5 Å². The molecule has 1 N–H and O–H groups in total. The van der Waals surface area contributed by atoms with E-state index < -0.39 is 0 Å². The average Bonchev–Trinajstić information content (AvgIpc) is 2.90. The number of aliphatic hydroxyl groups is 1. The molecule has 2 aliphatic heterocycles. The lowest BCUT2D eigenvalue weighted by Gasteiger charge is -2.38. The molecule has 0 saturated carbocycles. The molecule has 3 heterocycles. The van der Waals surface area contributed by atoms with Gasteiger partial charge in [0.25, 0.3) is 5.91 Å². The summed E-state index contributed by atoms with van der Waals surface area (Å²) in [7, 11) is 2.12. The van der Waals surface area contributed by atoms with E-state index in [-0.39, 0.29) is 30.6 Å². The quantitative estimate of drug-likeness (QED) is 0.634. The van der Waals surface area contributed by atoms with Crippen molar-refractivity contribution in [1.82, 2.24) is 14.8 Å². The summed E-state index contributed by atoms with van der Waals surface area (Å²) in [6.07, 6.45) is 3.69. The molecule has 0 bridgehead atoms. The number of nitrogens with zero attached hydrogens (tertiary/aromatic N) is 4. The van der Waals surface area contributed by atoms with E-state index in [0.29, 0.717) is 36.0 Å². The van der Waals surface area contributed by atoms with Crippen LogP contribution in [0.1, 0.15) is 42.6 Å². The molecule has 8 nitrogen and oxygen atoms in total. The second kappa shape index (κ2) is 11.8. The molecule has 1 amide bonds. The predicted molar refractivity (Wildman–Crippen MR) is 137 cm³/mol. The van der Waals surface area contributed by atoms with Gasteiger partial charge in [0.1, 0.15) is 11.7 Å². The smallest absolute Gasteiger partial charge is 0.259 e. The standard InChI is InChI=1S/C28H36N4O4/c1-19-15-32(20(2)18-33)28(34)25-12-24(23-6-4-21(13-29)5-7-23)14-30-27(25)36-26(19)17-31(3)16-22-8-10-35-11-9-22/h4-7,12,14,19-20,22,26,33H,8-11,15-18H2,1-3H3/t19-,20+,26-/m0/s1. The first-order valence-corrected chi connectivity index (χ1v) is 12.7. The molecular weight excluding hydrogens is 456 g/mol. The van der Waals surface area contributed by atoms with E-state index >= 15 is 0 Å². The predicted octanol–water partition coefficient (Wildman–Crippen LogP) is 3.20. The van der Waals surface area contributed by atoms with E-state index in [4.69, 9.17) is 14.7 Å². The molecule has 2 aromatic rings. The Labute approximate surface area is 213 Å². The van der Waals surface area contributed by atoms with Gasteiger partial charge in [0.2, 0.25) is 5.88 Å². The molecule has 0 aliphatic carbocycles. The SMILES string of the molecule is C[C@H](CO)N1C[C@H](C)[C@H](CN(C)CC2CCOCC2)Oc2ncc(-c3ccc(C#N)cc3)cc2C1=O. The van der Waals surface area contributed by atoms with E-state index in [1.165, 1.54) is 0 Å². The number of benzene rings is 1. The van der Waals surface area contributed by atoms with Crippen molar-refractivity contribution >= 4 is 5.91 Å². The minimum Gasteiger partial charge on any atom is -0.472 e. The molecule has 0 unspecified atom stereocenters. The number of likely N-dealkylation sites (N-methyl/N-ethyl adjacent to an activating group) is 1. The van der Waals surface area contributed by atoms with Gasteiger partial charge in [-0.15, -0.1) is 0 Å². The van der Waals surface area contributed by atoms with Crippen LogP contribution < -0.4 is 4.74 Å². The fourth-order valence-corrected chi connectivity index (χ4v) is 4.97. The molecule has 1 fully saturated rings. The highest BCUT2D eigenvalue weighted by Crippen LogP contribution is 2.30. The zero-order chi connectivity index (χ0) is 25.7. The number of nitriles is 1. The van der Waals surface area contributed by atoms with E-state index in [9.17, 15) is 9.90 Å². The Bertz CT molecular complexity index is 1080. The Morgan fingerprint density at radius 1 is 1.22 bits per heavy atom.